The molecule has 0 radical (unpaired) electrons. The molecule has 2 rings (SSSR count). The van der Waals surface area contributed by atoms with Crippen molar-refractivity contribution in [2.24, 2.45) is 5.92 Å². The molecule has 4 nitrogen and oxygen atoms in total. The molecular formula is C16H27N3O. The molecule has 1 aliphatic heterocycles. The third-order valence-electron chi connectivity index (χ3n) is 4.30. The number of aromatic nitrogens is 1. The average molecular weight is 277 g/mol. The first-order valence-corrected chi connectivity index (χ1v) is 7.46. The maximum atomic E-state index is 5.63. The quantitative estimate of drug-likeness (QED) is 0.916. The molecule has 0 amide bonds. The normalized spacial score (nSPS) is 23.1. The van der Waals surface area contributed by atoms with E-state index in [9.17, 15) is 0 Å². The molecule has 0 bridgehead atoms. The Bertz CT molecular complexity index is 461. The molecule has 4 heteroatoms. The van der Waals surface area contributed by atoms with Gasteiger partial charge in [0.25, 0.3) is 0 Å². The maximum Gasteiger partial charge on any atom is 0.133 e. The first kappa shape index (κ1) is 15.3. The second-order valence-corrected chi connectivity index (χ2v) is 5.90. The Labute approximate surface area is 122 Å². The van der Waals surface area contributed by atoms with Crippen molar-refractivity contribution >= 4 is 5.82 Å². The van der Waals surface area contributed by atoms with Crippen molar-refractivity contribution in [1.29, 1.82) is 0 Å². The van der Waals surface area contributed by atoms with Crippen LogP contribution in [0.15, 0.2) is 6.07 Å². The number of ether oxygens (including phenoxy) is 1. The number of nitrogens with zero attached hydrogens (tertiary/aromatic N) is 2. The Balaban J connectivity index is 2.31. The highest BCUT2D eigenvalue weighted by Crippen LogP contribution is 2.28. The van der Waals surface area contributed by atoms with Gasteiger partial charge in [-0.05, 0) is 44.9 Å². The van der Waals surface area contributed by atoms with Crippen LogP contribution in [0.1, 0.15) is 30.2 Å². The minimum atomic E-state index is 0.300. The summed E-state index contributed by atoms with van der Waals surface area (Å²) in [5, 5.41) is 3.26. The van der Waals surface area contributed by atoms with E-state index in [0.717, 1.165) is 37.6 Å². The molecule has 1 fully saturated rings. The van der Waals surface area contributed by atoms with Crippen LogP contribution in [0.25, 0.3) is 0 Å². The highest BCUT2D eigenvalue weighted by atomic mass is 16.5. The third-order valence-corrected chi connectivity index (χ3v) is 4.30. The number of hydrogen-bond donors (Lipinski definition) is 1. The molecule has 0 aliphatic carbocycles. The number of pyridine rings is 1. The van der Waals surface area contributed by atoms with E-state index in [1.54, 1.807) is 0 Å². The van der Waals surface area contributed by atoms with Gasteiger partial charge in [-0.15, -0.1) is 0 Å². The molecule has 1 aliphatic rings. The van der Waals surface area contributed by atoms with Gasteiger partial charge in [0.1, 0.15) is 5.82 Å². The monoisotopic (exact) mass is 277 g/mol. The lowest BCUT2D eigenvalue weighted by atomic mass is 9.95. The Morgan fingerprint density at radius 1 is 1.45 bits per heavy atom. The summed E-state index contributed by atoms with van der Waals surface area (Å²) >= 11 is 0. The van der Waals surface area contributed by atoms with Crippen LogP contribution >= 0.6 is 0 Å². The number of piperidine rings is 1. The standard InChI is InChI=1S/C16H27N3O/c1-11-6-7-19(10-15(11)20-5)16-14(9-17-4)12(2)8-13(3)18-16/h8,11,15,17H,6-7,9-10H2,1-5H3. The van der Waals surface area contributed by atoms with E-state index in [0.29, 0.717) is 12.0 Å². The van der Waals surface area contributed by atoms with Crippen molar-refractivity contribution in [3.8, 4) is 0 Å². The van der Waals surface area contributed by atoms with Gasteiger partial charge in [-0.1, -0.05) is 6.92 Å². The topological polar surface area (TPSA) is 37.4 Å². The summed E-state index contributed by atoms with van der Waals surface area (Å²) in [4.78, 5) is 7.19. The van der Waals surface area contributed by atoms with Gasteiger partial charge < -0.3 is 15.0 Å². The van der Waals surface area contributed by atoms with Crippen LogP contribution in [-0.2, 0) is 11.3 Å². The van der Waals surface area contributed by atoms with Crippen molar-refractivity contribution in [2.75, 3.05) is 32.1 Å². The molecule has 1 aromatic rings. The number of aryl methyl sites for hydroxylation is 2. The first-order valence-electron chi connectivity index (χ1n) is 7.46. The Morgan fingerprint density at radius 2 is 2.20 bits per heavy atom. The van der Waals surface area contributed by atoms with E-state index in [-0.39, 0.29) is 0 Å². The van der Waals surface area contributed by atoms with Crippen molar-refractivity contribution in [3.63, 3.8) is 0 Å². The molecule has 2 heterocycles. The summed E-state index contributed by atoms with van der Waals surface area (Å²) in [7, 11) is 3.80. The molecule has 112 valence electrons. The van der Waals surface area contributed by atoms with Crippen molar-refractivity contribution in [1.82, 2.24) is 10.3 Å². The van der Waals surface area contributed by atoms with Gasteiger partial charge in [0.2, 0.25) is 0 Å². The van der Waals surface area contributed by atoms with E-state index in [1.165, 1.54) is 11.1 Å². The largest absolute Gasteiger partial charge is 0.379 e. The molecule has 0 spiro atoms. The molecule has 2 unspecified atom stereocenters. The van der Waals surface area contributed by atoms with Crippen molar-refractivity contribution in [2.45, 2.75) is 39.8 Å². The number of methoxy groups -OCH3 is 1. The minimum Gasteiger partial charge on any atom is -0.379 e. The van der Waals surface area contributed by atoms with Crippen LogP contribution < -0.4 is 10.2 Å². The summed E-state index contributed by atoms with van der Waals surface area (Å²) in [6.07, 6.45) is 1.46. The third kappa shape index (κ3) is 3.13. The van der Waals surface area contributed by atoms with Gasteiger partial charge in [-0.25, -0.2) is 4.98 Å². The highest BCUT2D eigenvalue weighted by Gasteiger charge is 2.28. The fraction of sp³-hybridized carbons (Fsp3) is 0.688. The summed E-state index contributed by atoms with van der Waals surface area (Å²) in [5.41, 5.74) is 3.71. The second-order valence-electron chi connectivity index (χ2n) is 5.90. The minimum absolute atomic E-state index is 0.300. The van der Waals surface area contributed by atoms with Gasteiger partial charge in [0, 0.05) is 38.0 Å². The molecule has 0 aromatic carbocycles. The summed E-state index contributed by atoms with van der Waals surface area (Å²) in [6, 6.07) is 2.16. The van der Waals surface area contributed by atoms with Gasteiger partial charge in [0.05, 0.1) is 6.10 Å². The predicted molar refractivity (Wildman–Crippen MR) is 83.3 cm³/mol. The van der Waals surface area contributed by atoms with Crippen LogP contribution in [0.3, 0.4) is 0 Å². The molecule has 20 heavy (non-hydrogen) atoms. The fourth-order valence-electron chi connectivity index (χ4n) is 3.03. The van der Waals surface area contributed by atoms with Gasteiger partial charge >= 0.3 is 0 Å². The van der Waals surface area contributed by atoms with Gasteiger partial charge in [-0.2, -0.15) is 0 Å². The zero-order chi connectivity index (χ0) is 14.7. The summed E-state index contributed by atoms with van der Waals surface area (Å²) in [6.45, 7) is 9.37. The molecule has 0 saturated carbocycles. The molecule has 1 aromatic heterocycles. The lowest BCUT2D eigenvalue weighted by Gasteiger charge is -2.38. The molecular weight excluding hydrogens is 250 g/mol. The van der Waals surface area contributed by atoms with Gasteiger partial charge in [-0.3, -0.25) is 0 Å². The number of nitrogens with one attached hydrogen (secondary N) is 1. The zero-order valence-corrected chi connectivity index (χ0v) is 13.4. The molecule has 2 atom stereocenters. The smallest absolute Gasteiger partial charge is 0.133 e. The van der Waals surface area contributed by atoms with Crippen molar-refractivity contribution < 1.29 is 4.74 Å². The molecule has 1 N–H and O–H groups in total. The van der Waals surface area contributed by atoms with E-state index in [1.807, 2.05) is 14.2 Å². The lowest BCUT2D eigenvalue weighted by molar-refractivity contribution is 0.0496. The van der Waals surface area contributed by atoms with E-state index >= 15 is 0 Å². The Morgan fingerprint density at radius 3 is 2.85 bits per heavy atom. The lowest BCUT2D eigenvalue weighted by Crippen LogP contribution is -2.44. The summed E-state index contributed by atoms with van der Waals surface area (Å²) in [5.74, 6) is 1.75. The van der Waals surface area contributed by atoms with Crippen molar-refractivity contribution in [3.05, 3.63) is 22.9 Å². The molecule has 1 saturated heterocycles. The van der Waals surface area contributed by atoms with Crippen LogP contribution in [0.5, 0.6) is 0 Å². The van der Waals surface area contributed by atoms with E-state index in [4.69, 9.17) is 9.72 Å². The Kier molecular flexibility index (Phi) is 5.00. The maximum absolute atomic E-state index is 5.63. The van der Waals surface area contributed by atoms with Gasteiger partial charge in [0.15, 0.2) is 0 Å². The second kappa shape index (κ2) is 6.55. The van der Waals surface area contributed by atoms with Crippen LogP contribution in [-0.4, -0.2) is 38.3 Å². The number of rotatable bonds is 4. The summed E-state index contributed by atoms with van der Waals surface area (Å²) < 4.78 is 5.63. The highest BCUT2D eigenvalue weighted by molar-refractivity contribution is 5.52. The fourth-order valence-corrected chi connectivity index (χ4v) is 3.03. The van der Waals surface area contributed by atoms with Crippen LogP contribution in [0.4, 0.5) is 5.82 Å². The Hall–Kier alpha value is -1.13. The van der Waals surface area contributed by atoms with Crippen LogP contribution in [0.2, 0.25) is 0 Å². The SMILES string of the molecule is CNCc1c(C)cc(C)nc1N1CCC(C)C(OC)C1. The van der Waals surface area contributed by atoms with E-state index < -0.39 is 0 Å². The number of hydrogen-bond acceptors (Lipinski definition) is 4. The predicted octanol–water partition coefficient (Wildman–Crippen LogP) is 2.28. The van der Waals surface area contributed by atoms with E-state index in [2.05, 4.69) is 37.1 Å². The van der Waals surface area contributed by atoms with Crippen LogP contribution in [0, 0.1) is 19.8 Å². The zero-order valence-electron chi connectivity index (χ0n) is 13.4. The average Bonchev–Trinajstić information content (AvgIpc) is 2.42. The first-order chi connectivity index (χ1) is 9.56. The number of anilines is 1.